The fourth-order valence-corrected chi connectivity index (χ4v) is 9.31. The maximum Gasteiger partial charge on any atom is 0.407 e. The molecule has 3 fully saturated rings. The second kappa shape index (κ2) is 29.6. The fraction of sp³-hybridized carbons (Fsp3) is 0.377. The van der Waals surface area contributed by atoms with Crippen LogP contribution in [0.5, 0.6) is 17.2 Å². The SMILES string of the molecule is BrCc1ccccc1.CC(C)(C)OC(=O)NCC1CC1c1cc(Cl)ccc1O.CC(C)(C)OC(=O)NCC1CC1c1cc(Cl)ccc1OCc1ccccc1.Cl.NCC1CC1c1cc(Cl)ccc1OCc1ccccc1. The largest absolute Gasteiger partial charge is 0.508 e. The summed E-state index contributed by atoms with van der Waals surface area (Å²) in [7, 11) is 0. The average Bonchev–Trinajstić information content (AvgIpc) is 4.29. The summed E-state index contributed by atoms with van der Waals surface area (Å²) >= 11 is 21.6. The lowest BCUT2D eigenvalue weighted by atomic mass is 10.1. The second-order valence-corrected chi connectivity index (χ2v) is 22.9. The number of alkyl carbamates (subject to hydrolysis) is 2. The molecule has 2 amide bonds. The Morgan fingerprint density at radius 3 is 1.28 bits per heavy atom. The number of hydrogen-bond acceptors (Lipinski definition) is 8. The maximum atomic E-state index is 11.8. The van der Waals surface area contributed by atoms with Crippen molar-refractivity contribution in [2.24, 2.45) is 23.5 Å². The Morgan fingerprint density at radius 1 is 0.553 bits per heavy atom. The van der Waals surface area contributed by atoms with Crippen LogP contribution in [0.1, 0.15) is 112 Å². The number of benzene rings is 6. The molecule has 0 bridgehead atoms. The van der Waals surface area contributed by atoms with Crippen LogP contribution in [-0.2, 0) is 28.0 Å². The van der Waals surface area contributed by atoms with Crippen LogP contribution in [0, 0.1) is 17.8 Å². The summed E-state index contributed by atoms with van der Waals surface area (Å²) in [4.78, 5) is 23.4. The molecule has 0 heterocycles. The van der Waals surface area contributed by atoms with Gasteiger partial charge in [-0.1, -0.05) is 142 Å². The van der Waals surface area contributed by atoms with E-state index in [4.69, 9.17) is 59.5 Å². The molecule has 9 rings (SSSR count). The van der Waals surface area contributed by atoms with Gasteiger partial charge in [-0.2, -0.15) is 0 Å². The van der Waals surface area contributed by atoms with Crippen molar-refractivity contribution < 1.29 is 33.6 Å². The molecule has 0 aromatic heterocycles. The van der Waals surface area contributed by atoms with Gasteiger partial charge in [-0.15, -0.1) is 12.4 Å². The van der Waals surface area contributed by atoms with Crippen LogP contribution >= 0.6 is 63.1 Å². The molecule has 10 nitrogen and oxygen atoms in total. The van der Waals surface area contributed by atoms with Crippen LogP contribution in [0.15, 0.2) is 146 Å². The number of nitrogens with one attached hydrogen (secondary N) is 2. The minimum atomic E-state index is -0.488. The highest BCUT2D eigenvalue weighted by Gasteiger charge is 2.42. The van der Waals surface area contributed by atoms with Crippen molar-refractivity contribution in [3.63, 3.8) is 0 Å². The van der Waals surface area contributed by atoms with Crippen LogP contribution in [0.25, 0.3) is 0 Å². The molecule has 0 aliphatic heterocycles. The normalized spacial score (nSPS) is 18.7. The first-order valence-electron chi connectivity index (χ1n) is 25.4. The van der Waals surface area contributed by atoms with Crippen molar-refractivity contribution in [1.29, 1.82) is 0 Å². The minimum absolute atomic E-state index is 0. The maximum absolute atomic E-state index is 11.8. The van der Waals surface area contributed by atoms with Crippen molar-refractivity contribution in [3.05, 3.63) is 194 Å². The Balaban J connectivity index is 0.000000197. The van der Waals surface area contributed by atoms with E-state index in [-0.39, 0.29) is 30.2 Å². The second-order valence-electron chi connectivity index (χ2n) is 21.0. The fourth-order valence-electron chi connectivity index (χ4n) is 8.40. The molecule has 6 atom stereocenters. The van der Waals surface area contributed by atoms with Gasteiger partial charge in [0, 0.05) is 33.5 Å². The van der Waals surface area contributed by atoms with E-state index in [0.29, 0.717) is 65.9 Å². The molecule has 3 aliphatic carbocycles. The molecule has 76 heavy (non-hydrogen) atoms. The van der Waals surface area contributed by atoms with Gasteiger partial charge in [0.15, 0.2) is 0 Å². The van der Waals surface area contributed by atoms with Gasteiger partial charge in [-0.3, -0.25) is 0 Å². The Bertz CT molecular complexity index is 2750. The molecule has 6 aromatic rings. The highest BCUT2D eigenvalue weighted by atomic mass is 79.9. The number of halogens is 5. The standard InChI is InChI=1S/C22H26ClNO3.C17H18ClNO.C15H20ClNO3.C7H7Br.ClH/c1-22(2,3)27-21(25)24-13-16-11-18(16)19-12-17(23)9-10-20(19)26-14-15-7-5-4-6-8-15;18-14-6-7-17(16(9-14)15-8-13(15)10-19)20-11-12-4-2-1-3-5-12;1-15(2,3)20-14(19)17-8-9-6-11(9)12-7-10(16)4-5-13(12)18;8-6-7-4-2-1-3-5-7;/h4-10,12,16,18H,11,13-14H2,1-3H3,(H,24,25);1-7,9,13,15H,8,10-11,19H2;4-5,7,9,11,18H,6,8H2,1-3H3,(H,17,19);1-5H,6H2;1H. The van der Waals surface area contributed by atoms with E-state index >= 15 is 0 Å². The number of aromatic hydroxyl groups is 1. The minimum Gasteiger partial charge on any atom is -0.508 e. The van der Waals surface area contributed by atoms with Crippen LogP contribution < -0.4 is 25.8 Å². The van der Waals surface area contributed by atoms with Crippen molar-refractivity contribution >= 4 is 75.3 Å². The predicted octanol–water partition coefficient (Wildman–Crippen LogP) is 16.2. The zero-order valence-electron chi connectivity index (χ0n) is 44.1. The number of phenolic OH excluding ortho intramolecular Hbond substituents is 1. The Kier molecular flexibility index (Phi) is 24.0. The third-order valence-corrected chi connectivity index (χ3v) is 13.8. The number of rotatable bonds is 15. The van der Waals surface area contributed by atoms with Crippen LogP contribution in [0.2, 0.25) is 15.1 Å². The highest BCUT2D eigenvalue weighted by molar-refractivity contribution is 9.08. The summed E-state index contributed by atoms with van der Waals surface area (Å²) < 4.78 is 22.5. The van der Waals surface area contributed by atoms with E-state index in [1.54, 1.807) is 18.2 Å². The lowest BCUT2D eigenvalue weighted by Crippen LogP contribution is -2.33. The van der Waals surface area contributed by atoms with Gasteiger partial charge in [0.1, 0.15) is 41.7 Å². The number of hydrogen-bond donors (Lipinski definition) is 4. The summed E-state index contributed by atoms with van der Waals surface area (Å²) in [6.07, 6.45) is 2.29. The lowest BCUT2D eigenvalue weighted by molar-refractivity contribution is 0.0513. The van der Waals surface area contributed by atoms with Crippen molar-refractivity contribution in [3.8, 4) is 17.2 Å². The molecule has 3 saturated carbocycles. The van der Waals surface area contributed by atoms with E-state index in [2.05, 4.69) is 50.8 Å². The van der Waals surface area contributed by atoms with Crippen LogP contribution in [-0.4, -0.2) is 48.1 Å². The molecule has 0 spiro atoms. The summed E-state index contributed by atoms with van der Waals surface area (Å²) in [5.41, 5.74) is 11.5. The van der Waals surface area contributed by atoms with Crippen molar-refractivity contribution in [1.82, 2.24) is 10.6 Å². The molecular formula is C61H72BrCl4N3O7. The molecule has 5 N–H and O–H groups in total. The monoisotopic (exact) mass is 1180 g/mol. The van der Waals surface area contributed by atoms with Gasteiger partial charge < -0.3 is 40.4 Å². The Morgan fingerprint density at radius 2 is 0.908 bits per heavy atom. The third-order valence-electron chi connectivity index (χ3n) is 12.5. The molecule has 15 heteroatoms. The number of nitrogens with two attached hydrogens (primary N) is 1. The van der Waals surface area contributed by atoms with Crippen LogP contribution in [0.3, 0.4) is 0 Å². The Hall–Kier alpha value is -5.14. The molecule has 6 aromatic carbocycles. The Labute approximate surface area is 479 Å². The number of amides is 2. The summed E-state index contributed by atoms with van der Waals surface area (Å²) in [5.74, 6) is 4.42. The van der Waals surface area contributed by atoms with Crippen LogP contribution in [0.4, 0.5) is 9.59 Å². The first-order valence-corrected chi connectivity index (χ1v) is 27.7. The van der Waals surface area contributed by atoms with E-state index in [0.717, 1.165) is 64.3 Å². The molecule has 6 unspecified atom stereocenters. The third kappa shape index (κ3) is 21.4. The predicted molar refractivity (Wildman–Crippen MR) is 314 cm³/mol. The first kappa shape index (κ1) is 61.7. The summed E-state index contributed by atoms with van der Waals surface area (Å²) in [6, 6.07) is 47.2. The zero-order chi connectivity index (χ0) is 54.1. The van der Waals surface area contributed by atoms with Gasteiger partial charge in [0.2, 0.25) is 0 Å². The average molecular weight is 1180 g/mol. The van der Waals surface area contributed by atoms with E-state index < -0.39 is 17.3 Å². The lowest BCUT2D eigenvalue weighted by Gasteiger charge is -2.19. The number of phenols is 1. The van der Waals surface area contributed by atoms with Crippen molar-refractivity contribution in [2.45, 2.75) is 108 Å². The summed E-state index contributed by atoms with van der Waals surface area (Å²) in [6.45, 7) is 14.0. The van der Waals surface area contributed by atoms with Gasteiger partial charge in [0.05, 0.1) is 0 Å². The van der Waals surface area contributed by atoms with Gasteiger partial charge in [0.25, 0.3) is 0 Å². The highest BCUT2D eigenvalue weighted by Crippen LogP contribution is 2.52. The van der Waals surface area contributed by atoms with E-state index in [9.17, 15) is 14.7 Å². The molecule has 3 aliphatic rings. The van der Waals surface area contributed by atoms with Crippen molar-refractivity contribution in [2.75, 3.05) is 19.6 Å². The molecular weight excluding hydrogens is 1110 g/mol. The molecule has 408 valence electrons. The smallest absolute Gasteiger partial charge is 0.407 e. The topological polar surface area (TPSA) is 141 Å². The number of alkyl halides is 1. The molecule has 0 radical (unpaired) electrons. The van der Waals surface area contributed by atoms with E-state index in [1.807, 2.05) is 145 Å². The molecule has 0 saturated heterocycles. The van der Waals surface area contributed by atoms with Gasteiger partial charge >= 0.3 is 12.2 Å². The van der Waals surface area contributed by atoms with Gasteiger partial charge in [-0.05, 0) is 191 Å². The number of ether oxygens (including phenoxy) is 4. The zero-order valence-corrected chi connectivity index (χ0v) is 48.7. The quantitative estimate of drug-likeness (QED) is 0.0745. The number of carbonyl (C=O) groups excluding carboxylic acids is 2. The van der Waals surface area contributed by atoms with Gasteiger partial charge in [-0.25, -0.2) is 9.59 Å². The number of carbonyl (C=O) groups is 2. The van der Waals surface area contributed by atoms with E-state index in [1.165, 1.54) is 16.7 Å². The first-order chi connectivity index (χ1) is 35.8. The summed E-state index contributed by atoms with van der Waals surface area (Å²) in [5, 5.41) is 18.5.